The Kier molecular flexibility index (Phi) is 12.8. The second-order valence-electron chi connectivity index (χ2n) is 9.75. The van der Waals surface area contributed by atoms with Crippen molar-refractivity contribution in [2.45, 2.75) is 110 Å². The van der Waals surface area contributed by atoms with E-state index >= 15 is 0 Å². The third kappa shape index (κ3) is 12.2. The molecule has 1 aromatic heterocycles. The third-order valence-electron chi connectivity index (χ3n) is 5.74. The molecule has 1 rings (SSSR count). The van der Waals surface area contributed by atoms with E-state index in [9.17, 15) is 9.90 Å². The van der Waals surface area contributed by atoms with Gasteiger partial charge in [-0.1, -0.05) is 37.5 Å². The zero-order valence-electron chi connectivity index (χ0n) is 21.0. The molecule has 2 N–H and O–H groups in total. The van der Waals surface area contributed by atoms with E-state index in [0.717, 1.165) is 36.4 Å². The molecule has 0 radical (unpaired) electrons. The van der Waals surface area contributed by atoms with Gasteiger partial charge in [0.2, 0.25) is 0 Å². The fraction of sp³-hybridized carbons (Fsp3) is 0.692. The average Bonchev–Trinajstić information content (AvgIpc) is 3.05. The Morgan fingerprint density at radius 1 is 1.25 bits per heavy atom. The Labute approximate surface area is 203 Å². The molecule has 3 atom stereocenters. The lowest BCUT2D eigenvalue weighted by Crippen LogP contribution is -2.36. The van der Waals surface area contributed by atoms with Crippen LogP contribution in [0, 0.1) is 12.8 Å². The van der Waals surface area contributed by atoms with Crippen LogP contribution in [0.3, 0.4) is 0 Å². The summed E-state index contributed by atoms with van der Waals surface area (Å²) in [5.41, 5.74) is 3.91. The SMILES string of the molecule is C/C(=C/CC/C(C)=C/c1csc(C)n1)CCCC(C)CC(C)SC(C)(C)C(O)CC(=O)O. The molecular formula is C26H43NO3S2. The first kappa shape index (κ1) is 28.9. The molecule has 6 heteroatoms. The molecule has 0 aromatic carbocycles. The number of thioether (sulfide) groups is 1. The van der Waals surface area contributed by atoms with Gasteiger partial charge in [0.25, 0.3) is 0 Å². The summed E-state index contributed by atoms with van der Waals surface area (Å²) in [4.78, 5) is 15.4. The first-order chi connectivity index (χ1) is 14.9. The van der Waals surface area contributed by atoms with Gasteiger partial charge in [-0.2, -0.15) is 0 Å². The largest absolute Gasteiger partial charge is 0.481 e. The van der Waals surface area contributed by atoms with Gasteiger partial charge in [-0.05, 0) is 78.7 Å². The lowest BCUT2D eigenvalue weighted by molar-refractivity contribution is -0.139. The van der Waals surface area contributed by atoms with Crippen LogP contribution in [0.25, 0.3) is 6.08 Å². The standard InChI is InChI=1S/C26H43NO3S2/c1-18(11-9-13-20(3)15-23-17-31-22(5)27-23)10-8-12-19(2)14-21(4)32-26(6,7)24(28)16-25(29)30/h11,15,17,19,21,24,28H,8-10,12-14,16H2,1-7H3,(H,29,30)/b18-11-,20-15+. The monoisotopic (exact) mass is 481 g/mol. The summed E-state index contributed by atoms with van der Waals surface area (Å²) in [6, 6.07) is 0. The summed E-state index contributed by atoms with van der Waals surface area (Å²) in [5.74, 6) is -0.333. The summed E-state index contributed by atoms with van der Waals surface area (Å²) in [6.45, 7) is 14.8. The van der Waals surface area contributed by atoms with Crippen LogP contribution in [0.1, 0.15) is 97.2 Å². The molecule has 1 aromatic rings. The van der Waals surface area contributed by atoms with Crippen LogP contribution >= 0.6 is 23.1 Å². The molecule has 0 saturated carbocycles. The molecule has 1 heterocycles. The molecule has 182 valence electrons. The van der Waals surface area contributed by atoms with Crippen molar-refractivity contribution < 1.29 is 15.0 Å². The van der Waals surface area contributed by atoms with Gasteiger partial charge in [-0.15, -0.1) is 23.1 Å². The first-order valence-electron chi connectivity index (χ1n) is 11.7. The molecule has 0 amide bonds. The number of thiazole rings is 1. The highest BCUT2D eigenvalue weighted by Gasteiger charge is 2.32. The van der Waals surface area contributed by atoms with Gasteiger partial charge >= 0.3 is 5.97 Å². The van der Waals surface area contributed by atoms with E-state index in [1.807, 2.05) is 20.8 Å². The van der Waals surface area contributed by atoms with E-state index in [2.05, 4.69) is 50.2 Å². The predicted molar refractivity (Wildman–Crippen MR) is 141 cm³/mol. The van der Waals surface area contributed by atoms with Crippen molar-refractivity contribution >= 4 is 35.1 Å². The molecule has 0 aliphatic heterocycles. The minimum Gasteiger partial charge on any atom is -0.481 e. The predicted octanol–water partition coefficient (Wildman–Crippen LogP) is 7.51. The Hall–Kier alpha value is -1.11. The minimum absolute atomic E-state index is 0.201. The average molecular weight is 482 g/mol. The van der Waals surface area contributed by atoms with Crippen molar-refractivity contribution in [2.75, 3.05) is 0 Å². The molecular weight excluding hydrogens is 438 g/mol. The third-order valence-corrected chi connectivity index (χ3v) is 8.01. The molecule has 0 fully saturated rings. The first-order valence-corrected chi connectivity index (χ1v) is 13.5. The maximum absolute atomic E-state index is 10.9. The van der Waals surface area contributed by atoms with Gasteiger partial charge in [-0.3, -0.25) is 4.79 Å². The highest BCUT2D eigenvalue weighted by molar-refractivity contribution is 8.01. The number of allylic oxidation sites excluding steroid dienone is 3. The lowest BCUT2D eigenvalue weighted by atomic mass is 9.97. The number of carboxylic acid groups (broad SMARTS) is 1. The summed E-state index contributed by atoms with van der Waals surface area (Å²) in [7, 11) is 0. The topological polar surface area (TPSA) is 70.4 Å². The highest BCUT2D eigenvalue weighted by Crippen LogP contribution is 2.36. The van der Waals surface area contributed by atoms with Gasteiger partial charge < -0.3 is 10.2 Å². The molecule has 0 aliphatic carbocycles. The number of hydrogen-bond acceptors (Lipinski definition) is 5. The number of aliphatic hydroxyl groups is 1. The van der Waals surface area contributed by atoms with Crippen LogP contribution in [-0.2, 0) is 4.79 Å². The fourth-order valence-corrected chi connectivity index (χ4v) is 6.16. The van der Waals surface area contributed by atoms with Gasteiger partial charge in [0.05, 0.1) is 23.2 Å². The molecule has 0 aliphatic rings. The van der Waals surface area contributed by atoms with E-state index in [1.54, 1.807) is 23.1 Å². The Morgan fingerprint density at radius 3 is 2.53 bits per heavy atom. The van der Waals surface area contributed by atoms with Crippen molar-refractivity contribution in [1.82, 2.24) is 4.98 Å². The number of aryl methyl sites for hydroxylation is 1. The van der Waals surface area contributed by atoms with Gasteiger partial charge in [0, 0.05) is 15.4 Å². The molecule has 32 heavy (non-hydrogen) atoms. The van der Waals surface area contributed by atoms with E-state index < -0.39 is 16.8 Å². The Bertz CT molecular complexity index is 767. The van der Waals surface area contributed by atoms with Crippen LogP contribution in [0.15, 0.2) is 22.6 Å². The van der Waals surface area contributed by atoms with E-state index in [1.165, 1.54) is 24.0 Å². The van der Waals surface area contributed by atoms with Crippen LogP contribution in [0.2, 0.25) is 0 Å². The summed E-state index contributed by atoms with van der Waals surface area (Å²) in [5, 5.41) is 22.7. The molecule has 4 nitrogen and oxygen atoms in total. The van der Waals surface area contributed by atoms with Crippen molar-refractivity contribution in [3.8, 4) is 0 Å². The number of aliphatic hydroxyl groups excluding tert-OH is 1. The molecule has 0 bridgehead atoms. The number of aliphatic carboxylic acids is 1. The minimum atomic E-state index is -0.948. The number of carbonyl (C=O) groups is 1. The lowest BCUT2D eigenvalue weighted by Gasteiger charge is -2.32. The van der Waals surface area contributed by atoms with Gasteiger partial charge in [-0.25, -0.2) is 4.98 Å². The van der Waals surface area contributed by atoms with Crippen LogP contribution < -0.4 is 0 Å². The summed E-state index contributed by atoms with van der Waals surface area (Å²) >= 11 is 3.40. The van der Waals surface area contributed by atoms with Crippen molar-refractivity contribution in [3.05, 3.63) is 33.3 Å². The zero-order chi connectivity index (χ0) is 24.3. The zero-order valence-corrected chi connectivity index (χ0v) is 22.6. The maximum atomic E-state index is 10.9. The number of rotatable bonds is 15. The van der Waals surface area contributed by atoms with Crippen molar-refractivity contribution in [3.63, 3.8) is 0 Å². The Morgan fingerprint density at radius 2 is 1.94 bits per heavy atom. The Balaban J connectivity index is 2.30. The molecule has 3 unspecified atom stereocenters. The normalized spacial score (nSPS) is 16.1. The number of aromatic nitrogens is 1. The van der Waals surface area contributed by atoms with E-state index in [0.29, 0.717) is 11.2 Å². The van der Waals surface area contributed by atoms with E-state index in [4.69, 9.17) is 5.11 Å². The second kappa shape index (κ2) is 14.2. The van der Waals surface area contributed by atoms with Gasteiger partial charge in [0.1, 0.15) is 0 Å². The smallest absolute Gasteiger partial charge is 0.306 e. The van der Waals surface area contributed by atoms with Crippen LogP contribution in [-0.4, -0.2) is 37.3 Å². The quantitative estimate of drug-likeness (QED) is 0.254. The van der Waals surface area contributed by atoms with Crippen LogP contribution in [0.4, 0.5) is 0 Å². The van der Waals surface area contributed by atoms with Crippen LogP contribution in [0.5, 0.6) is 0 Å². The number of hydrogen-bond donors (Lipinski definition) is 2. The summed E-state index contributed by atoms with van der Waals surface area (Å²) in [6.07, 6.45) is 10.3. The molecule has 0 saturated heterocycles. The maximum Gasteiger partial charge on any atom is 0.306 e. The highest BCUT2D eigenvalue weighted by atomic mass is 32.2. The van der Waals surface area contributed by atoms with Crippen molar-refractivity contribution in [2.24, 2.45) is 5.92 Å². The fourth-order valence-electron chi connectivity index (χ4n) is 3.89. The second-order valence-corrected chi connectivity index (χ2v) is 12.9. The number of nitrogens with zero attached hydrogens (tertiary/aromatic N) is 1. The van der Waals surface area contributed by atoms with Crippen molar-refractivity contribution in [1.29, 1.82) is 0 Å². The van der Waals surface area contributed by atoms with E-state index in [-0.39, 0.29) is 6.42 Å². The summed E-state index contributed by atoms with van der Waals surface area (Å²) < 4.78 is -0.457. The molecule has 0 spiro atoms. The van der Waals surface area contributed by atoms with Gasteiger partial charge in [0.15, 0.2) is 0 Å². The number of carboxylic acids is 1.